The van der Waals surface area contributed by atoms with Crippen LogP contribution in [0.15, 0.2) is 47.3 Å². The molecular weight excluding hydrogens is 378 g/mol. The van der Waals surface area contributed by atoms with Crippen molar-refractivity contribution in [3.8, 4) is 5.75 Å². The summed E-state index contributed by atoms with van der Waals surface area (Å²) >= 11 is 0. The number of aromatic nitrogens is 1. The van der Waals surface area contributed by atoms with Gasteiger partial charge in [0.1, 0.15) is 5.75 Å². The number of fused-ring (bicyclic) bond motifs is 2. The van der Waals surface area contributed by atoms with Crippen LogP contribution in [0.3, 0.4) is 0 Å². The zero-order valence-corrected chi connectivity index (χ0v) is 17.7. The Kier molecular flexibility index (Phi) is 6.67. The predicted octanol–water partition coefficient (Wildman–Crippen LogP) is 2.55. The SMILES string of the molecule is COc1ccc2c(c1)c(=O)c1ccccc1n2CCCCN1CCN(CCO)CC1. The van der Waals surface area contributed by atoms with Gasteiger partial charge in [0.2, 0.25) is 0 Å². The summed E-state index contributed by atoms with van der Waals surface area (Å²) in [5.74, 6) is 0.710. The number of methoxy groups -OCH3 is 1. The van der Waals surface area contributed by atoms with Gasteiger partial charge in [0, 0.05) is 50.0 Å². The van der Waals surface area contributed by atoms with Crippen molar-refractivity contribution in [3.63, 3.8) is 0 Å². The summed E-state index contributed by atoms with van der Waals surface area (Å²) in [4.78, 5) is 17.9. The number of rotatable bonds is 8. The normalized spacial score (nSPS) is 15.8. The molecule has 1 aliphatic rings. The van der Waals surface area contributed by atoms with E-state index in [1.165, 1.54) is 0 Å². The lowest BCUT2D eigenvalue weighted by Crippen LogP contribution is -2.47. The minimum Gasteiger partial charge on any atom is -0.497 e. The van der Waals surface area contributed by atoms with Gasteiger partial charge in [-0.05, 0) is 49.7 Å². The lowest BCUT2D eigenvalue weighted by atomic mass is 10.1. The molecule has 0 radical (unpaired) electrons. The molecule has 4 rings (SSSR count). The maximum atomic E-state index is 13.0. The van der Waals surface area contributed by atoms with Gasteiger partial charge < -0.3 is 19.3 Å². The smallest absolute Gasteiger partial charge is 0.197 e. The quantitative estimate of drug-likeness (QED) is 0.458. The molecule has 6 heteroatoms. The first kappa shape index (κ1) is 20.8. The van der Waals surface area contributed by atoms with Gasteiger partial charge in [-0.25, -0.2) is 0 Å². The number of ether oxygens (including phenoxy) is 1. The largest absolute Gasteiger partial charge is 0.497 e. The average molecular weight is 410 g/mol. The molecule has 2 aromatic carbocycles. The van der Waals surface area contributed by atoms with E-state index in [0.717, 1.165) is 75.1 Å². The molecule has 0 atom stereocenters. The second kappa shape index (κ2) is 9.60. The maximum absolute atomic E-state index is 13.0. The van der Waals surface area contributed by atoms with Crippen molar-refractivity contribution in [3.05, 3.63) is 52.7 Å². The van der Waals surface area contributed by atoms with Crippen molar-refractivity contribution in [1.29, 1.82) is 0 Å². The van der Waals surface area contributed by atoms with Crippen molar-refractivity contribution < 1.29 is 9.84 Å². The number of aryl methyl sites for hydroxylation is 1. The number of pyridine rings is 1. The Labute approximate surface area is 177 Å². The number of piperazine rings is 1. The highest BCUT2D eigenvalue weighted by Gasteiger charge is 2.16. The van der Waals surface area contributed by atoms with Gasteiger partial charge in [0.15, 0.2) is 5.43 Å². The molecule has 3 aromatic rings. The zero-order valence-electron chi connectivity index (χ0n) is 17.7. The highest BCUT2D eigenvalue weighted by atomic mass is 16.5. The standard InChI is InChI=1S/C24H31N3O3/c1-30-19-8-9-23-21(18-19)24(29)20-6-2-3-7-22(20)27(23)11-5-4-10-25-12-14-26(15-13-25)16-17-28/h2-3,6-9,18,28H,4-5,10-17H2,1H3. The number of nitrogens with zero attached hydrogens (tertiary/aromatic N) is 3. The Bertz CT molecular complexity index is 1050. The fourth-order valence-corrected chi connectivity index (χ4v) is 4.46. The fourth-order valence-electron chi connectivity index (χ4n) is 4.46. The van der Waals surface area contributed by atoms with Gasteiger partial charge in [0.05, 0.1) is 24.8 Å². The molecule has 0 spiro atoms. The minimum absolute atomic E-state index is 0.0662. The lowest BCUT2D eigenvalue weighted by molar-refractivity contribution is 0.111. The summed E-state index contributed by atoms with van der Waals surface area (Å²) in [5, 5.41) is 10.6. The maximum Gasteiger partial charge on any atom is 0.197 e. The Balaban J connectivity index is 1.48. The van der Waals surface area contributed by atoms with E-state index in [1.54, 1.807) is 7.11 Å². The average Bonchev–Trinajstić information content (AvgIpc) is 2.79. The summed E-state index contributed by atoms with van der Waals surface area (Å²) in [5.41, 5.74) is 2.03. The van der Waals surface area contributed by atoms with Crippen molar-refractivity contribution in [2.24, 2.45) is 0 Å². The van der Waals surface area contributed by atoms with Crippen LogP contribution in [-0.4, -0.2) is 72.5 Å². The fraction of sp³-hybridized carbons (Fsp3) is 0.458. The summed E-state index contributed by atoms with van der Waals surface area (Å²) in [6.45, 7) is 7.23. The molecule has 1 aromatic heterocycles. The van der Waals surface area contributed by atoms with E-state index in [4.69, 9.17) is 9.84 Å². The number of para-hydroxylation sites is 1. The first-order valence-electron chi connectivity index (χ1n) is 10.9. The summed E-state index contributed by atoms with van der Waals surface area (Å²) < 4.78 is 7.63. The number of aliphatic hydroxyl groups is 1. The van der Waals surface area contributed by atoms with E-state index in [9.17, 15) is 4.79 Å². The van der Waals surface area contributed by atoms with Crippen LogP contribution in [0.5, 0.6) is 5.75 Å². The summed E-state index contributed by atoms with van der Waals surface area (Å²) in [7, 11) is 1.63. The van der Waals surface area contributed by atoms with Crippen LogP contribution < -0.4 is 10.2 Å². The second-order valence-corrected chi connectivity index (χ2v) is 7.99. The van der Waals surface area contributed by atoms with Crippen molar-refractivity contribution >= 4 is 21.8 Å². The van der Waals surface area contributed by atoms with Crippen LogP contribution in [0, 0.1) is 0 Å². The van der Waals surface area contributed by atoms with Gasteiger partial charge >= 0.3 is 0 Å². The highest BCUT2D eigenvalue weighted by molar-refractivity contribution is 5.94. The van der Waals surface area contributed by atoms with Crippen LogP contribution in [0.1, 0.15) is 12.8 Å². The van der Waals surface area contributed by atoms with E-state index in [0.29, 0.717) is 11.1 Å². The van der Waals surface area contributed by atoms with Crippen molar-refractivity contribution in [2.45, 2.75) is 19.4 Å². The molecule has 0 bridgehead atoms. The Morgan fingerprint density at radius 3 is 2.27 bits per heavy atom. The van der Waals surface area contributed by atoms with Crippen molar-refractivity contribution in [2.75, 3.05) is 53.0 Å². The molecule has 0 amide bonds. The van der Waals surface area contributed by atoms with E-state index in [2.05, 4.69) is 14.4 Å². The van der Waals surface area contributed by atoms with Gasteiger partial charge in [-0.3, -0.25) is 9.69 Å². The van der Waals surface area contributed by atoms with Crippen LogP contribution in [0.25, 0.3) is 21.8 Å². The molecular formula is C24H31N3O3. The molecule has 1 aliphatic heterocycles. The van der Waals surface area contributed by atoms with Crippen molar-refractivity contribution in [1.82, 2.24) is 14.4 Å². The molecule has 1 saturated heterocycles. The van der Waals surface area contributed by atoms with Crippen LogP contribution in [0.4, 0.5) is 0 Å². The number of benzene rings is 2. The molecule has 1 N–H and O–H groups in total. The van der Waals surface area contributed by atoms with E-state index >= 15 is 0 Å². The van der Waals surface area contributed by atoms with Gasteiger partial charge in [-0.2, -0.15) is 0 Å². The van der Waals surface area contributed by atoms with Crippen LogP contribution in [-0.2, 0) is 6.54 Å². The van der Waals surface area contributed by atoms with Gasteiger partial charge in [0.25, 0.3) is 0 Å². The third-order valence-electron chi connectivity index (χ3n) is 6.17. The molecule has 0 unspecified atom stereocenters. The molecule has 1 fully saturated rings. The molecule has 0 aliphatic carbocycles. The molecule has 160 valence electrons. The predicted molar refractivity (Wildman–Crippen MR) is 121 cm³/mol. The van der Waals surface area contributed by atoms with Crippen LogP contribution in [0.2, 0.25) is 0 Å². The number of hydrogen-bond acceptors (Lipinski definition) is 5. The Hall–Kier alpha value is -2.41. The Morgan fingerprint density at radius 2 is 1.53 bits per heavy atom. The number of aliphatic hydroxyl groups excluding tert-OH is 1. The lowest BCUT2D eigenvalue weighted by Gasteiger charge is -2.34. The molecule has 30 heavy (non-hydrogen) atoms. The third kappa shape index (κ3) is 4.36. The van der Waals surface area contributed by atoms with E-state index in [1.807, 2.05) is 42.5 Å². The van der Waals surface area contributed by atoms with Gasteiger partial charge in [-0.1, -0.05) is 12.1 Å². The third-order valence-corrected chi connectivity index (χ3v) is 6.17. The topological polar surface area (TPSA) is 57.9 Å². The van der Waals surface area contributed by atoms with Crippen LogP contribution >= 0.6 is 0 Å². The number of hydrogen-bond donors (Lipinski definition) is 1. The zero-order chi connectivity index (χ0) is 20.9. The highest BCUT2D eigenvalue weighted by Crippen LogP contribution is 2.23. The summed E-state index contributed by atoms with van der Waals surface area (Å²) in [6.07, 6.45) is 2.18. The second-order valence-electron chi connectivity index (χ2n) is 7.99. The molecule has 0 saturated carbocycles. The molecule has 6 nitrogen and oxygen atoms in total. The van der Waals surface area contributed by atoms with Gasteiger partial charge in [-0.15, -0.1) is 0 Å². The minimum atomic E-state index is 0.0662. The number of β-amino-alcohol motifs (C(OH)–C–C–N with tert-alkyl or cyclic N) is 1. The first-order valence-corrected chi connectivity index (χ1v) is 10.9. The molecule has 2 heterocycles. The Morgan fingerprint density at radius 1 is 0.867 bits per heavy atom. The number of unbranched alkanes of at least 4 members (excludes halogenated alkanes) is 1. The summed E-state index contributed by atoms with van der Waals surface area (Å²) in [6, 6.07) is 13.7. The monoisotopic (exact) mass is 409 g/mol. The van der Waals surface area contributed by atoms with E-state index < -0.39 is 0 Å². The first-order chi connectivity index (χ1) is 14.7. The van der Waals surface area contributed by atoms with E-state index in [-0.39, 0.29) is 12.0 Å².